The highest BCUT2D eigenvalue weighted by Crippen LogP contribution is 2.18. The molecule has 0 aromatic carbocycles. The van der Waals surface area contributed by atoms with Crippen molar-refractivity contribution in [2.24, 2.45) is 5.92 Å². The molecule has 62 heavy (non-hydrogen) atoms. The Bertz CT molecular complexity index is 935. The minimum atomic E-state index is -0.760. The van der Waals surface area contributed by atoms with Gasteiger partial charge in [0.25, 0.3) is 0 Å². The fraction of sp³-hybridized carbons (Fsp3) is 0.946. The van der Waals surface area contributed by atoms with Gasteiger partial charge < -0.3 is 14.2 Å². The number of esters is 3. The van der Waals surface area contributed by atoms with Crippen LogP contribution >= 0.6 is 0 Å². The molecule has 0 aromatic heterocycles. The second kappa shape index (κ2) is 50.4. The molecule has 0 aliphatic carbocycles. The molecular weight excluding hydrogens is 769 g/mol. The van der Waals surface area contributed by atoms with E-state index in [1.807, 2.05) is 0 Å². The average Bonchev–Trinajstić information content (AvgIpc) is 3.27. The number of carbonyl (C=O) groups is 3. The van der Waals surface area contributed by atoms with E-state index in [4.69, 9.17) is 14.2 Å². The molecule has 0 rings (SSSR count). The van der Waals surface area contributed by atoms with E-state index in [1.165, 1.54) is 212 Å². The van der Waals surface area contributed by atoms with E-state index in [2.05, 4.69) is 27.7 Å². The zero-order chi connectivity index (χ0) is 45.2. The van der Waals surface area contributed by atoms with Gasteiger partial charge in [0.15, 0.2) is 6.10 Å². The van der Waals surface area contributed by atoms with Gasteiger partial charge >= 0.3 is 17.9 Å². The smallest absolute Gasteiger partial charge is 0.306 e. The van der Waals surface area contributed by atoms with Gasteiger partial charge in [-0.05, 0) is 25.2 Å². The minimum Gasteiger partial charge on any atom is -0.462 e. The third kappa shape index (κ3) is 47.9. The highest BCUT2D eigenvalue weighted by atomic mass is 16.6. The maximum atomic E-state index is 12.8. The lowest BCUT2D eigenvalue weighted by molar-refractivity contribution is -0.167. The first kappa shape index (κ1) is 60.4. The molecule has 0 saturated heterocycles. The van der Waals surface area contributed by atoms with Crippen LogP contribution in [-0.4, -0.2) is 37.2 Å². The summed E-state index contributed by atoms with van der Waals surface area (Å²) in [6, 6.07) is 0. The van der Waals surface area contributed by atoms with E-state index >= 15 is 0 Å². The minimum absolute atomic E-state index is 0.0623. The maximum Gasteiger partial charge on any atom is 0.306 e. The predicted octanol–water partition coefficient (Wildman–Crippen LogP) is 18.2. The summed E-state index contributed by atoms with van der Waals surface area (Å²) in [6.45, 7) is 9.08. The number of ether oxygens (including phenoxy) is 3. The molecule has 0 aliphatic heterocycles. The molecule has 0 fully saturated rings. The Hall–Kier alpha value is -1.59. The third-order valence-corrected chi connectivity index (χ3v) is 13.2. The average molecular weight is 877 g/mol. The second-order valence-corrected chi connectivity index (χ2v) is 19.5. The Morgan fingerprint density at radius 1 is 0.323 bits per heavy atom. The van der Waals surface area contributed by atoms with Gasteiger partial charge in [-0.15, -0.1) is 0 Å². The third-order valence-electron chi connectivity index (χ3n) is 13.2. The van der Waals surface area contributed by atoms with Crippen molar-refractivity contribution in [3.63, 3.8) is 0 Å². The van der Waals surface area contributed by atoms with Crippen LogP contribution in [0.4, 0.5) is 0 Å². The van der Waals surface area contributed by atoms with Crippen molar-refractivity contribution in [1.82, 2.24) is 0 Å². The number of hydrogen-bond donors (Lipinski definition) is 0. The van der Waals surface area contributed by atoms with E-state index in [-0.39, 0.29) is 31.1 Å². The summed E-state index contributed by atoms with van der Waals surface area (Å²) in [5.74, 6) is 0.0679. The monoisotopic (exact) mass is 877 g/mol. The number of hydrogen-bond acceptors (Lipinski definition) is 6. The highest BCUT2D eigenvalue weighted by molar-refractivity contribution is 5.71. The molecule has 0 heterocycles. The summed E-state index contributed by atoms with van der Waals surface area (Å²) in [5.41, 5.74) is 0. The van der Waals surface area contributed by atoms with Crippen LogP contribution < -0.4 is 0 Å². The summed E-state index contributed by atoms with van der Waals surface area (Å²) in [6.07, 6.45) is 53.8. The van der Waals surface area contributed by atoms with Crippen LogP contribution in [0.2, 0.25) is 0 Å². The second-order valence-electron chi connectivity index (χ2n) is 19.5. The van der Waals surface area contributed by atoms with Gasteiger partial charge in [-0.2, -0.15) is 0 Å². The van der Waals surface area contributed by atoms with E-state index in [9.17, 15) is 14.4 Å². The molecule has 6 heteroatoms. The van der Waals surface area contributed by atoms with Crippen LogP contribution in [0, 0.1) is 5.92 Å². The van der Waals surface area contributed by atoms with Crippen molar-refractivity contribution in [3.05, 3.63) is 0 Å². The molecule has 0 spiro atoms. The van der Waals surface area contributed by atoms with E-state index in [0.29, 0.717) is 19.3 Å². The zero-order valence-electron chi connectivity index (χ0n) is 42.3. The highest BCUT2D eigenvalue weighted by Gasteiger charge is 2.19. The van der Waals surface area contributed by atoms with Crippen LogP contribution in [0.5, 0.6) is 0 Å². The molecule has 2 atom stereocenters. The van der Waals surface area contributed by atoms with Gasteiger partial charge in [0, 0.05) is 19.3 Å². The van der Waals surface area contributed by atoms with Gasteiger partial charge in [0.2, 0.25) is 0 Å². The number of carbonyl (C=O) groups excluding carboxylic acids is 3. The maximum absolute atomic E-state index is 12.8. The molecular formula is C56H108O6. The van der Waals surface area contributed by atoms with Crippen molar-refractivity contribution in [1.29, 1.82) is 0 Å². The molecule has 0 saturated carbocycles. The van der Waals surface area contributed by atoms with Crippen LogP contribution in [0.25, 0.3) is 0 Å². The number of rotatable bonds is 51. The molecule has 0 amide bonds. The Morgan fingerprint density at radius 3 is 0.839 bits per heavy atom. The SMILES string of the molecule is CCCCCCCCCCCCCCC(=O)OC[C@@H](COC(=O)CCCCCCCCCCCC)OC(=O)CCCCCCCCCCCCCCCCCCCCC(C)CC. The lowest BCUT2D eigenvalue weighted by atomic mass is 9.99. The fourth-order valence-electron chi connectivity index (χ4n) is 8.54. The topological polar surface area (TPSA) is 78.9 Å². The van der Waals surface area contributed by atoms with Gasteiger partial charge in [-0.1, -0.05) is 278 Å². The zero-order valence-corrected chi connectivity index (χ0v) is 42.3. The van der Waals surface area contributed by atoms with E-state index in [1.54, 1.807) is 0 Å². The first-order chi connectivity index (χ1) is 30.4. The predicted molar refractivity (Wildman–Crippen MR) is 266 cm³/mol. The molecule has 0 aliphatic rings. The van der Waals surface area contributed by atoms with Crippen molar-refractivity contribution >= 4 is 17.9 Å². The molecule has 368 valence electrons. The quantitative estimate of drug-likeness (QED) is 0.0344. The Morgan fingerprint density at radius 2 is 0.565 bits per heavy atom. The van der Waals surface area contributed by atoms with Gasteiger partial charge in [-0.3, -0.25) is 14.4 Å². The Labute approximate surface area is 387 Å². The molecule has 0 radical (unpaired) electrons. The normalized spacial score (nSPS) is 12.4. The summed E-state index contributed by atoms with van der Waals surface area (Å²) in [7, 11) is 0. The fourth-order valence-corrected chi connectivity index (χ4v) is 8.54. The molecule has 0 bridgehead atoms. The van der Waals surface area contributed by atoms with Crippen LogP contribution in [0.3, 0.4) is 0 Å². The lowest BCUT2D eigenvalue weighted by Gasteiger charge is -2.18. The molecule has 0 aromatic rings. The molecule has 6 nitrogen and oxygen atoms in total. The summed E-state index contributed by atoms with van der Waals surface area (Å²) in [4.78, 5) is 38.0. The van der Waals surface area contributed by atoms with Crippen LogP contribution in [-0.2, 0) is 28.6 Å². The van der Waals surface area contributed by atoms with Crippen molar-refractivity contribution < 1.29 is 28.6 Å². The molecule has 1 unspecified atom stereocenters. The Balaban J connectivity index is 4.19. The van der Waals surface area contributed by atoms with Crippen LogP contribution in [0.15, 0.2) is 0 Å². The number of unbranched alkanes of at least 4 members (excludes halogenated alkanes) is 37. The van der Waals surface area contributed by atoms with Gasteiger partial charge in [-0.25, -0.2) is 0 Å². The Kier molecular flexibility index (Phi) is 49.1. The summed E-state index contributed by atoms with van der Waals surface area (Å²) >= 11 is 0. The first-order valence-electron chi connectivity index (χ1n) is 27.9. The molecule has 0 N–H and O–H groups in total. The van der Waals surface area contributed by atoms with Crippen molar-refractivity contribution in [3.8, 4) is 0 Å². The first-order valence-corrected chi connectivity index (χ1v) is 27.9. The van der Waals surface area contributed by atoms with E-state index in [0.717, 1.165) is 63.7 Å². The van der Waals surface area contributed by atoms with Crippen molar-refractivity contribution in [2.45, 2.75) is 323 Å². The standard InChI is InChI=1S/C56H108O6/c1-5-8-10-12-14-16-18-28-32-36-40-44-48-55(58)61-51-53(50-60-54(57)47-43-39-35-31-17-15-13-11-9-6-2)62-56(59)49-45-41-37-33-29-26-24-22-20-19-21-23-25-27-30-34-38-42-46-52(4)7-3/h52-53H,5-51H2,1-4H3/t52?,53-/m1/s1. The largest absolute Gasteiger partial charge is 0.462 e. The van der Waals surface area contributed by atoms with Gasteiger partial charge in [0.1, 0.15) is 13.2 Å². The van der Waals surface area contributed by atoms with Crippen LogP contribution in [0.1, 0.15) is 317 Å². The van der Waals surface area contributed by atoms with Gasteiger partial charge in [0.05, 0.1) is 0 Å². The summed E-state index contributed by atoms with van der Waals surface area (Å²) < 4.78 is 16.8. The lowest BCUT2D eigenvalue weighted by Crippen LogP contribution is -2.30. The van der Waals surface area contributed by atoms with Crippen molar-refractivity contribution in [2.75, 3.05) is 13.2 Å². The summed E-state index contributed by atoms with van der Waals surface area (Å²) in [5, 5.41) is 0. The van der Waals surface area contributed by atoms with E-state index < -0.39 is 6.10 Å².